The second-order valence-corrected chi connectivity index (χ2v) is 5.33. The molecule has 2 heteroatoms. The lowest BCUT2D eigenvalue weighted by atomic mass is 9.98. The Balaban J connectivity index is 2.03. The normalized spacial score (nSPS) is 17.7. The zero-order valence-corrected chi connectivity index (χ0v) is 11.6. The van der Waals surface area contributed by atoms with Crippen molar-refractivity contribution in [1.29, 1.82) is 0 Å². The molecule has 1 N–H and O–H groups in total. The van der Waals surface area contributed by atoms with E-state index < -0.39 is 0 Å². The molecular weight excluding hydrogens is 220 g/mol. The summed E-state index contributed by atoms with van der Waals surface area (Å²) in [5.74, 6) is 0.900. The van der Waals surface area contributed by atoms with Crippen LogP contribution in [0.2, 0.25) is 0 Å². The summed E-state index contributed by atoms with van der Waals surface area (Å²) in [7, 11) is 1.95. The van der Waals surface area contributed by atoms with Crippen LogP contribution in [0.15, 0.2) is 24.8 Å². The Morgan fingerprint density at radius 2 is 2.11 bits per heavy atom. The van der Waals surface area contributed by atoms with E-state index in [1.807, 2.05) is 13.1 Å². The molecule has 1 aromatic carbocycles. The molecule has 18 heavy (non-hydrogen) atoms. The van der Waals surface area contributed by atoms with Crippen molar-refractivity contribution in [2.75, 3.05) is 25.5 Å². The van der Waals surface area contributed by atoms with Crippen molar-refractivity contribution >= 4 is 11.8 Å². The number of rotatable bonds is 4. The first-order chi connectivity index (χ1) is 8.72. The number of hydrogen-bond donors (Lipinski definition) is 1. The first-order valence-electron chi connectivity index (χ1n) is 6.88. The largest absolute Gasteiger partial charge is 0.388 e. The smallest absolute Gasteiger partial charge is 0.0411 e. The van der Waals surface area contributed by atoms with Gasteiger partial charge in [-0.05, 0) is 55.1 Å². The molecule has 0 spiro atoms. The molecule has 1 aliphatic rings. The van der Waals surface area contributed by atoms with Crippen molar-refractivity contribution in [3.05, 3.63) is 35.9 Å². The molecule has 2 nitrogen and oxygen atoms in total. The highest BCUT2D eigenvalue weighted by Crippen LogP contribution is 2.22. The second kappa shape index (κ2) is 6.05. The molecule has 0 radical (unpaired) electrons. The van der Waals surface area contributed by atoms with Crippen LogP contribution in [0.25, 0.3) is 6.08 Å². The lowest BCUT2D eigenvalue weighted by Crippen LogP contribution is -2.32. The van der Waals surface area contributed by atoms with Gasteiger partial charge in [0.1, 0.15) is 0 Å². The number of piperidine rings is 1. The van der Waals surface area contributed by atoms with Crippen LogP contribution in [0.5, 0.6) is 0 Å². The monoisotopic (exact) mass is 244 g/mol. The molecule has 0 amide bonds. The van der Waals surface area contributed by atoms with Crippen LogP contribution in [-0.2, 0) is 6.54 Å². The van der Waals surface area contributed by atoms with Gasteiger partial charge in [-0.15, -0.1) is 0 Å². The Morgan fingerprint density at radius 3 is 2.72 bits per heavy atom. The molecule has 0 unspecified atom stereocenters. The van der Waals surface area contributed by atoms with Crippen LogP contribution in [0, 0.1) is 5.92 Å². The minimum Gasteiger partial charge on any atom is -0.388 e. The van der Waals surface area contributed by atoms with Gasteiger partial charge in [-0.1, -0.05) is 25.6 Å². The second-order valence-electron chi connectivity index (χ2n) is 5.33. The third-order valence-corrected chi connectivity index (χ3v) is 3.89. The summed E-state index contributed by atoms with van der Waals surface area (Å²) in [6.07, 6.45) is 4.60. The lowest BCUT2D eigenvalue weighted by Gasteiger charge is -2.30. The van der Waals surface area contributed by atoms with E-state index in [0.717, 1.165) is 18.2 Å². The maximum atomic E-state index is 3.88. The van der Waals surface area contributed by atoms with E-state index in [9.17, 15) is 0 Å². The van der Waals surface area contributed by atoms with Gasteiger partial charge in [-0.3, -0.25) is 4.90 Å². The molecule has 1 aromatic rings. The Bertz CT molecular complexity index is 404. The molecule has 0 aliphatic carbocycles. The predicted octanol–water partition coefficient (Wildman–Crippen LogP) is 3.60. The first kappa shape index (κ1) is 13.2. The fourth-order valence-electron chi connectivity index (χ4n) is 2.59. The number of likely N-dealkylation sites (tertiary alicyclic amines) is 1. The third-order valence-electron chi connectivity index (χ3n) is 3.89. The quantitative estimate of drug-likeness (QED) is 0.870. The van der Waals surface area contributed by atoms with Gasteiger partial charge in [-0.2, -0.15) is 0 Å². The van der Waals surface area contributed by atoms with Crippen molar-refractivity contribution in [2.24, 2.45) is 5.92 Å². The molecule has 0 saturated carbocycles. The molecule has 1 saturated heterocycles. The van der Waals surface area contributed by atoms with Crippen molar-refractivity contribution < 1.29 is 0 Å². The van der Waals surface area contributed by atoms with Gasteiger partial charge in [0.15, 0.2) is 0 Å². The fourth-order valence-corrected chi connectivity index (χ4v) is 2.59. The summed E-state index contributed by atoms with van der Waals surface area (Å²) in [4.78, 5) is 2.56. The van der Waals surface area contributed by atoms with Crippen LogP contribution >= 0.6 is 0 Å². The molecule has 98 valence electrons. The first-order valence-corrected chi connectivity index (χ1v) is 6.88. The summed E-state index contributed by atoms with van der Waals surface area (Å²) < 4.78 is 0. The molecule has 1 heterocycles. The summed E-state index contributed by atoms with van der Waals surface area (Å²) in [5.41, 5.74) is 3.74. The molecule has 0 bridgehead atoms. The molecule has 0 aromatic heterocycles. The third kappa shape index (κ3) is 3.14. The van der Waals surface area contributed by atoms with Gasteiger partial charge in [0.25, 0.3) is 0 Å². The summed E-state index contributed by atoms with van der Waals surface area (Å²) in [6.45, 7) is 9.78. The number of nitrogens with one attached hydrogen (secondary N) is 1. The van der Waals surface area contributed by atoms with E-state index in [1.54, 1.807) is 0 Å². The average molecular weight is 244 g/mol. The Kier molecular flexibility index (Phi) is 4.43. The van der Waals surface area contributed by atoms with Crippen LogP contribution in [0.1, 0.15) is 30.9 Å². The summed E-state index contributed by atoms with van der Waals surface area (Å²) >= 11 is 0. The Morgan fingerprint density at radius 1 is 1.39 bits per heavy atom. The van der Waals surface area contributed by atoms with E-state index >= 15 is 0 Å². The van der Waals surface area contributed by atoms with Crippen LogP contribution < -0.4 is 5.32 Å². The van der Waals surface area contributed by atoms with Crippen LogP contribution in [0.3, 0.4) is 0 Å². The van der Waals surface area contributed by atoms with Crippen molar-refractivity contribution in [2.45, 2.75) is 26.3 Å². The average Bonchev–Trinajstić information content (AvgIpc) is 2.41. The van der Waals surface area contributed by atoms with E-state index in [1.165, 1.54) is 37.1 Å². The maximum Gasteiger partial charge on any atom is 0.0411 e. The zero-order chi connectivity index (χ0) is 13.0. The predicted molar refractivity (Wildman–Crippen MR) is 79.8 cm³/mol. The van der Waals surface area contributed by atoms with Gasteiger partial charge in [0.2, 0.25) is 0 Å². The Labute approximate surface area is 111 Å². The molecule has 0 atom stereocenters. The standard InChI is InChI=1S/C16H24N2/c1-4-15-11-14(5-6-16(15)17-3)12-18-9-7-13(2)8-10-18/h4-6,11,13,17H,1,7-10,12H2,2-3H3. The lowest BCUT2D eigenvalue weighted by molar-refractivity contribution is 0.185. The topological polar surface area (TPSA) is 15.3 Å². The van der Waals surface area contributed by atoms with E-state index in [4.69, 9.17) is 0 Å². The highest BCUT2D eigenvalue weighted by Gasteiger charge is 2.15. The van der Waals surface area contributed by atoms with Crippen LogP contribution in [-0.4, -0.2) is 25.0 Å². The van der Waals surface area contributed by atoms with Crippen LogP contribution in [0.4, 0.5) is 5.69 Å². The molecule has 2 rings (SSSR count). The van der Waals surface area contributed by atoms with Gasteiger partial charge in [-0.25, -0.2) is 0 Å². The SMILES string of the molecule is C=Cc1cc(CN2CCC(C)CC2)ccc1NC. The van der Waals surface area contributed by atoms with Gasteiger partial charge >= 0.3 is 0 Å². The van der Waals surface area contributed by atoms with Gasteiger partial charge in [0.05, 0.1) is 0 Å². The number of benzene rings is 1. The number of hydrogen-bond acceptors (Lipinski definition) is 2. The molecular formula is C16H24N2. The number of anilines is 1. The van der Waals surface area contributed by atoms with E-state index in [2.05, 4.69) is 41.9 Å². The van der Waals surface area contributed by atoms with E-state index in [-0.39, 0.29) is 0 Å². The minimum absolute atomic E-state index is 0.900. The van der Waals surface area contributed by atoms with Crippen molar-refractivity contribution in [3.8, 4) is 0 Å². The van der Waals surface area contributed by atoms with Gasteiger partial charge in [0, 0.05) is 19.3 Å². The fraction of sp³-hybridized carbons (Fsp3) is 0.500. The van der Waals surface area contributed by atoms with Crippen molar-refractivity contribution in [1.82, 2.24) is 4.90 Å². The number of nitrogens with zero attached hydrogens (tertiary/aromatic N) is 1. The van der Waals surface area contributed by atoms with Crippen molar-refractivity contribution in [3.63, 3.8) is 0 Å². The Hall–Kier alpha value is -1.28. The highest BCUT2D eigenvalue weighted by atomic mass is 15.1. The van der Waals surface area contributed by atoms with E-state index in [0.29, 0.717) is 0 Å². The van der Waals surface area contributed by atoms with Gasteiger partial charge < -0.3 is 5.32 Å². The summed E-state index contributed by atoms with van der Waals surface area (Å²) in [6, 6.07) is 6.62. The molecule has 1 fully saturated rings. The zero-order valence-electron chi connectivity index (χ0n) is 11.6. The summed E-state index contributed by atoms with van der Waals surface area (Å²) in [5, 5.41) is 3.20. The molecule has 1 aliphatic heterocycles. The minimum atomic E-state index is 0.900. The maximum absolute atomic E-state index is 3.88. The highest BCUT2D eigenvalue weighted by molar-refractivity contribution is 5.66.